The van der Waals surface area contributed by atoms with Gasteiger partial charge in [0, 0.05) is 48.9 Å². The van der Waals surface area contributed by atoms with E-state index in [4.69, 9.17) is 19.9 Å². The van der Waals surface area contributed by atoms with Gasteiger partial charge in [0.05, 0.1) is 61.8 Å². The van der Waals surface area contributed by atoms with E-state index < -0.39 is 11.7 Å². The zero-order chi connectivity index (χ0) is 28.7. The molecule has 3 N–H and O–H groups in total. The maximum Gasteiger partial charge on any atom is 0.253 e. The highest BCUT2D eigenvalue weighted by atomic mass is 19.1. The summed E-state index contributed by atoms with van der Waals surface area (Å²) in [6, 6.07) is 3.23. The number of rotatable bonds is 8. The van der Waals surface area contributed by atoms with E-state index >= 15 is 4.39 Å². The summed E-state index contributed by atoms with van der Waals surface area (Å²) in [7, 11) is 0. The van der Waals surface area contributed by atoms with Crippen molar-refractivity contribution in [2.45, 2.75) is 77.7 Å². The summed E-state index contributed by atoms with van der Waals surface area (Å²) in [5.41, 5.74) is 9.68. The number of carbonyl (C=O) groups excluding carboxylic acids is 2. The Morgan fingerprint density at radius 3 is 2.59 bits per heavy atom. The first kappa shape index (κ1) is 28.3. The minimum absolute atomic E-state index is 0.0648. The van der Waals surface area contributed by atoms with Crippen LogP contribution >= 0.6 is 0 Å². The van der Waals surface area contributed by atoms with E-state index in [-0.39, 0.29) is 28.9 Å². The number of Topliss-reactive ketones (excluding diaryl/α,β-unsaturated/α-hetero) is 1. The molecule has 1 saturated heterocycles. The van der Waals surface area contributed by atoms with Gasteiger partial charge in [0.2, 0.25) is 0 Å². The molecule has 0 spiro atoms. The van der Waals surface area contributed by atoms with Crippen LogP contribution in [0.25, 0.3) is 5.69 Å². The first-order chi connectivity index (χ1) is 19.7. The standard InChI is InChI=1S/C31H41FN4O5/c1-31(2)15-25-28(27(37)16-31)22-17-40-18-26(22)36(25)20-13-23(32)29(30(33)38)24(14-20)34-19-3-5-21(6-4-19)41-12-9-35-7-10-39-11-8-35/h13-14,19,21,34H,3-12,15-18H2,1-2H3,(H2,33,38). The van der Waals surface area contributed by atoms with Gasteiger partial charge in [-0.1, -0.05) is 13.8 Å². The second kappa shape index (κ2) is 11.5. The number of hydrogen-bond acceptors (Lipinski definition) is 7. The predicted octanol–water partition coefficient (Wildman–Crippen LogP) is 3.97. The first-order valence-electron chi connectivity index (χ1n) is 14.9. The Balaban J connectivity index is 1.21. The van der Waals surface area contributed by atoms with Crippen LogP contribution in [0, 0.1) is 11.2 Å². The van der Waals surface area contributed by atoms with Gasteiger partial charge >= 0.3 is 0 Å². The van der Waals surface area contributed by atoms with Crippen molar-refractivity contribution >= 4 is 17.4 Å². The summed E-state index contributed by atoms with van der Waals surface area (Å²) in [5.74, 6) is -1.38. The van der Waals surface area contributed by atoms with Gasteiger partial charge in [-0.05, 0) is 49.7 Å². The number of benzene rings is 1. The molecular formula is C31H41FN4O5. The summed E-state index contributed by atoms with van der Waals surface area (Å²) in [5, 5.41) is 3.45. The van der Waals surface area contributed by atoms with E-state index in [9.17, 15) is 9.59 Å². The number of nitrogens with two attached hydrogens (primary N) is 1. The van der Waals surface area contributed by atoms with Crippen molar-refractivity contribution in [3.8, 4) is 5.69 Å². The Labute approximate surface area is 240 Å². The highest BCUT2D eigenvalue weighted by Gasteiger charge is 2.39. The SMILES string of the molecule is CC1(C)CC(=O)c2c3c(n(-c4cc(F)c(C(N)=O)c(NC5CCC(OCCN6CCOCC6)CC5)c4)c2C1)COC3. The lowest BCUT2D eigenvalue weighted by Gasteiger charge is -2.32. The van der Waals surface area contributed by atoms with Crippen molar-refractivity contribution < 1.29 is 28.2 Å². The van der Waals surface area contributed by atoms with E-state index in [1.807, 2.05) is 4.57 Å². The summed E-state index contributed by atoms with van der Waals surface area (Å²) >= 11 is 0. The fourth-order valence-electron chi connectivity index (χ4n) is 6.98. The van der Waals surface area contributed by atoms with E-state index in [1.165, 1.54) is 6.07 Å². The molecule has 4 aliphatic rings. The Morgan fingerprint density at radius 1 is 1.10 bits per heavy atom. The average Bonchev–Trinajstić information content (AvgIpc) is 3.49. The molecule has 1 amide bonds. The number of amides is 1. The lowest BCUT2D eigenvalue weighted by Crippen LogP contribution is -2.39. The lowest BCUT2D eigenvalue weighted by molar-refractivity contribution is -0.00920. The largest absolute Gasteiger partial charge is 0.382 e. The molecule has 0 bridgehead atoms. The number of ether oxygens (including phenoxy) is 3. The van der Waals surface area contributed by atoms with Crippen LogP contribution in [0.3, 0.4) is 0 Å². The minimum atomic E-state index is -0.809. The number of halogens is 1. The molecule has 2 aromatic rings. The van der Waals surface area contributed by atoms with Crippen molar-refractivity contribution in [3.63, 3.8) is 0 Å². The number of carbonyl (C=O) groups is 2. The first-order valence-corrected chi connectivity index (χ1v) is 14.9. The molecule has 1 aromatic carbocycles. The lowest BCUT2D eigenvalue weighted by atomic mass is 9.75. The van der Waals surface area contributed by atoms with Crippen LogP contribution in [-0.4, -0.2) is 72.8 Å². The van der Waals surface area contributed by atoms with Gasteiger partial charge in [0.15, 0.2) is 5.78 Å². The number of anilines is 1. The molecule has 2 aliphatic carbocycles. The number of ketones is 1. The third-order valence-corrected chi connectivity index (χ3v) is 9.01. The van der Waals surface area contributed by atoms with Gasteiger partial charge in [0.25, 0.3) is 5.91 Å². The maximum absolute atomic E-state index is 15.6. The van der Waals surface area contributed by atoms with Crippen molar-refractivity contribution in [1.82, 2.24) is 9.47 Å². The number of nitrogens with one attached hydrogen (secondary N) is 1. The van der Waals surface area contributed by atoms with Crippen LogP contribution in [0.5, 0.6) is 0 Å². The van der Waals surface area contributed by atoms with E-state index in [0.717, 1.165) is 81.0 Å². The quantitative estimate of drug-likeness (QED) is 0.496. The van der Waals surface area contributed by atoms with Gasteiger partial charge in [-0.15, -0.1) is 0 Å². The molecule has 3 heterocycles. The number of aromatic nitrogens is 1. The van der Waals surface area contributed by atoms with Crippen molar-refractivity contribution in [1.29, 1.82) is 0 Å². The van der Waals surface area contributed by atoms with Crippen LogP contribution in [-0.2, 0) is 33.8 Å². The molecule has 6 rings (SSSR count). The van der Waals surface area contributed by atoms with Crippen molar-refractivity contribution in [2.24, 2.45) is 11.1 Å². The topological polar surface area (TPSA) is 108 Å². The van der Waals surface area contributed by atoms with E-state index in [2.05, 4.69) is 24.1 Å². The Bertz CT molecular complexity index is 1320. The fourth-order valence-corrected chi connectivity index (χ4v) is 6.98. The molecule has 2 fully saturated rings. The molecule has 9 nitrogen and oxygen atoms in total. The second-order valence-electron chi connectivity index (χ2n) is 12.7. The highest BCUT2D eigenvalue weighted by molar-refractivity contribution is 6.01. The number of morpholine rings is 1. The normalized spacial score (nSPS) is 24.2. The third kappa shape index (κ3) is 5.80. The Morgan fingerprint density at radius 2 is 1.85 bits per heavy atom. The number of nitrogens with zero attached hydrogens (tertiary/aromatic N) is 2. The molecule has 2 aliphatic heterocycles. The van der Waals surface area contributed by atoms with Gasteiger partial charge in [-0.2, -0.15) is 0 Å². The molecule has 0 unspecified atom stereocenters. The van der Waals surface area contributed by atoms with E-state index in [0.29, 0.717) is 44.0 Å². The van der Waals surface area contributed by atoms with Crippen molar-refractivity contribution in [3.05, 3.63) is 46.0 Å². The smallest absolute Gasteiger partial charge is 0.253 e. The van der Waals surface area contributed by atoms with Gasteiger partial charge < -0.3 is 29.8 Å². The summed E-state index contributed by atoms with van der Waals surface area (Å²) in [6.45, 7) is 9.98. The number of primary amides is 1. The van der Waals surface area contributed by atoms with E-state index in [1.54, 1.807) is 6.07 Å². The number of fused-ring (bicyclic) bond motifs is 3. The molecule has 41 heavy (non-hydrogen) atoms. The molecule has 10 heteroatoms. The Hall–Kier alpha value is -2.79. The van der Waals surface area contributed by atoms with Gasteiger partial charge in [0.1, 0.15) is 5.82 Å². The van der Waals surface area contributed by atoms with Crippen LogP contribution in [0.4, 0.5) is 10.1 Å². The molecule has 1 aromatic heterocycles. The van der Waals surface area contributed by atoms with Crippen LogP contribution in [0.1, 0.15) is 83.6 Å². The molecule has 222 valence electrons. The van der Waals surface area contributed by atoms with Crippen LogP contribution < -0.4 is 11.1 Å². The Kier molecular flexibility index (Phi) is 7.93. The fraction of sp³-hybridized carbons (Fsp3) is 0.613. The highest BCUT2D eigenvalue weighted by Crippen LogP contribution is 2.43. The molecule has 0 atom stereocenters. The monoisotopic (exact) mass is 568 g/mol. The summed E-state index contributed by atoms with van der Waals surface area (Å²) < 4.78 is 34.9. The summed E-state index contributed by atoms with van der Waals surface area (Å²) in [4.78, 5) is 27.9. The minimum Gasteiger partial charge on any atom is -0.382 e. The van der Waals surface area contributed by atoms with Gasteiger partial charge in [-0.3, -0.25) is 14.5 Å². The molecule has 1 saturated carbocycles. The zero-order valence-corrected chi connectivity index (χ0v) is 24.1. The summed E-state index contributed by atoms with van der Waals surface area (Å²) in [6.07, 6.45) is 4.83. The third-order valence-electron chi connectivity index (χ3n) is 9.01. The van der Waals surface area contributed by atoms with Gasteiger partial charge in [-0.25, -0.2) is 4.39 Å². The van der Waals surface area contributed by atoms with Crippen molar-refractivity contribution in [2.75, 3.05) is 44.8 Å². The molecule has 0 radical (unpaired) electrons. The maximum atomic E-state index is 15.6. The second-order valence-corrected chi connectivity index (χ2v) is 12.7. The number of hydrogen-bond donors (Lipinski definition) is 2. The average molecular weight is 569 g/mol. The van der Waals surface area contributed by atoms with Crippen LogP contribution in [0.2, 0.25) is 0 Å². The predicted molar refractivity (Wildman–Crippen MR) is 152 cm³/mol. The zero-order valence-electron chi connectivity index (χ0n) is 24.1. The van der Waals surface area contributed by atoms with Crippen LogP contribution in [0.15, 0.2) is 12.1 Å². The molecular weight excluding hydrogens is 527 g/mol.